The molecule has 0 unspecified atom stereocenters. The number of hydrogen-bond donors (Lipinski definition) is 0. The average Bonchev–Trinajstić information content (AvgIpc) is 3.30. The number of fused-ring (bicyclic) bond motifs is 3. The van der Waals surface area contributed by atoms with Gasteiger partial charge >= 0.3 is 0 Å². The Labute approximate surface area is 173 Å². The van der Waals surface area contributed by atoms with Crippen LogP contribution in [0.4, 0.5) is 5.69 Å². The lowest BCUT2D eigenvalue weighted by Crippen LogP contribution is -2.44. The Kier molecular flexibility index (Phi) is 4.25. The lowest BCUT2D eigenvalue weighted by Gasteiger charge is -2.30. The Bertz CT molecular complexity index is 978. The highest BCUT2D eigenvalue weighted by atomic mass is 35.5. The van der Waals surface area contributed by atoms with Gasteiger partial charge in [-0.25, -0.2) is 14.9 Å². The normalized spacial score (nSPS) is 27.5. The molecule has 0 aromatic heterocycles. The monoisotopic (exact) mass is 415 g/mol. The second-order valence-electron chi connectivity index (χ2n) is 7.61. The molecule has 2 aromatic rings. The third kappa shape index (κ3) is 2.54. The maximum Gasteiger partial charge on any atom is 0.253 e. The fourth-order valence-corrected chi connectivity index (χ4v) is 5.27. The summed E-state index contributed by atoms with van der Waals surface area (Å²) in [6, 6.07) is 12.5. The van der Waals surface area contributed by atoms with Crippen molar-refractivity contribution in [1.82, 2.24) is 10.0 Å². The number of benzene rings is 2. The summed E-state index contributed by atoms with van der Waals surface area (Å²) in [7, 11) is 0. The van der Waals surface area contributed by atoms with Crippen LogP contribution < -0.4 is 4.90 Å². The molecule has 0 bridgehead atoms. The second-order valence-corrected chi connectivity index (χ2v) is 8.46. The number of carbonyl (C=O) groups is 2. The van der Waals surface area contributed by atoms with E-state index in [1.54, 1.807) is 18.2 Å². The van der Waals surface area contributed by atoms with Gasteiger partial charge < -0.3 is 0 Å². The number of hydrazine groups is 1. The van der Waals surface area contributed by atoms with Crippen molar-refractivity contribution >= 4 is 40.7 Å². The molecule has 144 valence electrons. The summed E-state index contributed by atoms with van der Waals surface area (Å²) in [5.74, 6) is -0.845. The third-order valence-electron chi connectivity index (χ3n) is 5.98. The van der Waals surface area contributed by atoms with Crippen LogP contribution >= 0.6 is 23.2 Å². The Morgan fingerprint density at radius 1 is 0.893 bits per heavy atom. The van der Waals surface area contributed by atoms with Crippen molar-refractivity contribution in [3.63, 3.8) is 0 Å². The van der Waals surface area contributed by atoms with Crippen LogP contribution in [0.5, 0.6) is 0 Å². The van der Waals surface area contributed by atoms with Crippen LogP contribution in [0.1, 0.15) is 23.6 Å². The van der Waals surface area contributed by atoms with Crippen LogP contribution in [0.2, 0.25) is 10.0 Å². The minimum Gasteiger partial charge on any atom is -0.274 e. The van der Waals surface area contributed by atoms with Gasteiger partial charge in [-0.05, 0) is 37.1 Å². The molecule has 5 nitrogen and oxygen atoms in total. The SMILES string of the molecule is Cc1ccc([C@@H]2[C@H]3C(=O)N(c4ccc(Cl)cc4Cl)C(=O)[C@@H]3N3CCCN23)cc1. The van der Waals surface area contributed by atoms with Gasteiger partial charge in [0.25, 0.3) is 5.91 Å². The number of amides is 2. The minimum absolute atomic E-state index is 0.138. The summed E-state index contributed by atoms with van der Waals surface area (Å²) >= 11 is 12.3. The Balaban J connectivity index is 1.59. The highest BCUT2D eigenvalue weighted by Gasteiger charge is 2.63. The summed E-state index contributed by atoms with van der Waals surface area (Å²) in [6.45, 7) is 3.68. The molecule has 3 aliphatic rings. The second kappa shape index (κ2) is 6.56. The largest absolute Gasteiger partial charge is 0.274 e. The van der Waals surface area contributed by atoms with Crippen molar-refractivity contribution in [3.8, 4) is 0 Å². The number of anilines is 1. The summed E-state index contributed by atoms with van der Waals surface area (Å²) in [5, 5.41) is 5.06. The predicted molar refractivity (Wildman–Crippen MR) is 108 cm³/mol. The zero-order valence-electron chi connectivity index (χ0n) is 15.3. The van der Waals surface area contributed by atoms with Crippen molar-refractivity contribution in [2.75, 3.05) is 18.0 Å². The number of nitrogens with zero attached hydrogens (tertiary/aromatic N) is 3. The first-order valence-corrected chi connectivity index (χ1v) is 10.2. The maximum absolute atomic E-state index is 13.5. The number of hydrogen-bond acceptors (Lipinski definition) is 4. The summed E-state index contributed by atoms with van der Waals surface area (Å²) in [6.07, 6.45) is 0.981. The molecule has 7 heteroatoms. The van der Waals surface area contributed by atoms with Crippen molar-refractivity contribution in [2.45, 2.75) is 25.4 Å². The third-order valence-corrected chi connectivity index (χ3v) is 6.51. The maximum atomic E-state index is 13.5. The molecule has 5 rings (SSSR count). The molecule has 0 radical (unpaired) electrons. The lowest BCUT2D eigenvalue weighted by molar-refractivity contribution is -0.126. The minimum atomic E-state index is -0.479. The molecule has 2 amide bonds. The molecular formula is C21H19Cl2N3O2. The Hall–Kier alpha value is -1.92. The molecule has 0 aliphatic carbocycles. The molecule has 2 aromatic carbocycles. The zero-order chi connectivity index (χ0) is 19.6. The van der Waals surface area contributed by atoms with E-state index in [9.17, 15) is 9.59 Å². The summed E-state index contributed by atoms with van der Waals surface area (Å²) in [4.78, 5) is 28.1. The number of aryl methyl sites for hydroxylation is 1. The van der Waals surface area contributed by atoms with E-state index >= 15 is 0 Å². The molecule has 3 fully saturated rings. The van der Waals surface area contributed by atoms with Gasteiger partial charge in [-0.1, -0.05) is 53.0 Å². The molecule has 3 heterocycles. The Morgan fingerprint density at radius 3 is 2.25 bits per heavy atom. The number of halogens is 2. The van der Waals surface area contributed by atoms with Crippen molar-refractivity contribution < 1.29 is 9.59 Å². The molecule has 0 N–H and O–H groups in total. The summed E-state index contributed by atoms with van der Waals surface area (Å²) < 4.78 is 0. The zero-order valence-corrected chi connectivity index (χ0v) is 16.8. The average molecular weight is 416 g/mol. The van der Waals surface area contributed by atoms with Crippen LogP contribution in [0.3, 0.4) is 0 Å². The van der Waals surface area contributed by atoms with Gasteiger partial charge in [0, 0.05) is 18.1 Å². The fourth-order valence-electron chi connectivity index (χ4n) is 4.78. The highest BCUT2D eigenvalue weighted by Crippen LogP contribution is 2.49. The van der Waals surface area contributed by atoms with Gasteiger partial charge in [0.2, 0.25) is 5.91 Å². The molecule has 3 aliphatic heterocycles. The van der Waals surface area contributed by atoms with Gasteiger partial charge in [0.15, 0.2) is 0 Å². The van der Waals surface area contributed by atoms with Crippen LogP contribution in [0, 0.1) is 12.8 Å². The van der Waals surface area contributed by atoms with Crippen LogP contribution in [0.15, 0.2) is 42.5 Å². The van der Waals surface area contributed by atoms with Crippen molar-refractivity contribution in [2.24, 2.45) is 5.92 Å². The number of imide groups is 1. The predicted octanol–water partition coefficient (Wildman–Crippen LogP) is 3.84. The van der Waals surface area contributed by atoms with E-state index < -0.39 is 12.0 Å². The topological polar surface area (TPSA) is 43.9 Å². The van der Waals surface area contributed by atoms with E-state index in [2.05, 4.69) is 34.3 Å². The quantitative estimate of drug-likeness (QED) is 0.698. The first-order chi connectivity index (χ1) is 13.5. The van der Waals surface area contributed by atoms with Gasteiger partial charge in [-0.3, -0.25) is 9.59 Å². The molecular weight excluding hydrogens is 397 g/mol. The molecule has 3 atom stereocenters. The first kappa shape index (κ1) is 18.1. The van der Waals surface area contributed by atoms with Crippen molar-refractivity contribution in [3.05, 3.63) is 63.6 Å². The van der Waals surface area contributed by atoms with E-state index in [0.29, 0.717) is 15.7 Å². The molecule has 0 saturated carbocycles. The Morgan fingerprint density at radius 2 is 1.57 bits per heavy atom. The van der Waals surface area contributed by atoms with Crippen LogP contribution in [-0.2, 0) is 9.59 Å². The molecule has 3 saturated heterocycles. The number of rotatable bonds is 2. The van der Waals surface area contributed by atoms with E-state index in [1.165, 1.54) is 10.5 Å². The highest BCUT2D eigenvalue weighted by molar-refractivity contribution is 6.38. The van der Waals surface area contributed by atoms with Gasteiger partial charge in [-0.15, -0.1) is 0 Å². The summed E-state index contributed by atoms with van der Waals surface area (Å²) in [5.41, 5.74) is 2.64. The standard InChI is InChI=1S/C21H19Cl2N3O2/c1-12-3-5-13(6-4-12)18-17-19(25-10-2-9-24(18)25)21(28)26(20(17)27)16-8-7-14(22)11-15(16)23/h3-8,11,17-19H,2,9-10H2,1H3/t17-,18-,19-/m1/s1. The first-order valence-electron chi connectivity index (χ1n) is 9.40. The van der Waals surface area contributed by atoms with Gasteiger partial charge in [0.1, 0.15) is 6.04 Å². The number of carbonyl (C=O) groups excluding carboxylic acids is 2. The van der Waals surface area contributed by atoms with Crippen molar-refractivity contribution in [1.29, 1.82) is 0 Å². The molecule has 28 heavy (non-hydrogen) atoms. The van der Waals surface area contributed by atoms with E-state index in [1.807, 2.05) is 6.92 Å². The lowest BCUT2D eigenvalue weighted by atomic mass is 9.89. The van der Waals surface area contributed by atoms with E-state index in [0.717, 1.165) is 25.1 Å². The van der Waals surface area contributed by atoms with E-state index in [-0.39, 0.29) is 17.9 Å². The van der Waals surface area contributed by atoms with Gasteiger partial charge in [-0.2, -0.15) is 0 Å². The fraction of sp³-hybridized carbons (Fsp3) is 0.333. The van der Waals surface area contributed by atoms with Crippen LogP contribution in [-0.4, -0.2) is 41.0 Å². The van der Waals surface area contributed by atoms with Crippen LogP contribution in [0.25, 0.3) is 0 Å². The smallest absolute Gasteiger partial charge is 0.253 e. The van der Waals surface area contributed by atoms with E-state index in [4.69, 9.17) is 23.2 Å². The van der Waals surface area contributed by atoms with Gasteiger partial charge in [0.05, 0.1) is 22.7 Å². The molecule has 0 spiro atoms.